The summed E-state index contributed by atoms with van der Waals surface area (Å²) in [5.74, 6) is 0.970. The zero-order chi connectivity index (χ0) is 15.0. The number of rotatable bonds is 2. The zero-order valence-electron chi connectivity index (χ0n) is 12.4. The lowest BCUT2D eigenvalue weighted by molar-refractivity contribution is 1.03. The molecular weight excluding hydrogens is 324 g/mol. The summed E-state index contributed by atoms with van der Waals surface area (Å²) >= 11 is 3.48. The highest BCUT2D eigenvalue weighted by molar-refractivity contribution is 9.10. The molecule has 1 aromatic heterocycles. The molecule has 0 fully saturated rings. The van der Waals surface area contributed by atoms with E-state index < -0.39 is 0 Å². The van der Waals surface area contributed by atoms with Gasteiger partial charge in [-0.3, -0.25) is 4.57 Å². The van der Waals surface area contributed by atoms with Crippen LogP contribution < -0.4 is 0 Å². The largest absolute Gasteiger partial charge is 0.299 e. The summed E-state index contributed by atoms with van der Waals surface area (Å²) in [4.78, 5) is 4.54. The smallest absolute Gasteiger partial charge is 0.144 e. The van der Waals surface area contributed by atoms with Gasteiger partial charge in [-0.25, -0.2) is 4.98 Å². The first-order valence-corrected chi connectivity index (χ1v) is 7.73. The van der Waals surface area contributed by atoms with Crippen LogP contribution in [0.5, 0.6) is 0 Å². The van der Waals surface area contributed by atoms with E-state index in [1.807, 2.05) is 24.5 Å². The average Bonchev–Trinajstić information content (AvgIpc) is 2.87. The molecule has 0 aliphatic heterocycles. The van der Waals surface area contributed by atoms with Crippen molar-refractivity contribution in [2.24, 2.45) is 0 Å². The molecule has 3 rings (SSSR count). The fraction of sp³-hybridized carbons (Fsp3) is 0.167. The molecule has 2 aromatic carbocycles. The monoisotopic (exact) mass is 340 g/mol. The number of halogens is 1. The first-order valence-electron chi connectivity index (χ1n) is 6.94. The molecule has 21 heavy (non-hydrogen) atoms. The maximum Gasteiger partial charge on any atom is 0.144 e. The van der Waals surface area contributed by atoms with Gasteiger partial charge in [0, 0.05) is 22.4 Å². The predicted molar refractivity (Wildman–Crippen MR) is 90.9 cm³/mol. The van der Waals surface area contributed by atoms with E-state index in [1.165, 1.54) is 22.4 Å². The highest BCUT2D eigenvalue weighted by Gasteiger charge is 2.12. The van der Waals surface area contributed by atoms with E-state index in [2.05, 4.69) is 70.5 Å². The normalized spacial score (nSPS) is 10.9. The van der Waals surface area contributed by atoms with Crippen LogP contribution in [0.1, 0.15) is 16.7 Å². The number of nitrogens with zero attached hydrogens (tertiary/aromatic N) is 2. The summed E-state index contributed by atoms with van der Waals surface area (Å²) in [6, 6.07) is 12.7. The number of hydrogen-bond donors (Lipinski definition) is 0. The summed E-state index contributed by atoms with van der Waals surface area (Å²) in [5.41, 5.74) is 6.16. The Morgan fingerprint density at radius 3 is 2.19 bits per heavy atom. The molecule has 3 aromatic rings. The summed E-state index contributed by atoms with van der Waals surface area (Å²) in [5, 5.41) is 0. The molecule has 0 aliphatic carbocycles. The van der Waals surface area contributed by atoms with E-state index in [0.29, 0.717) is 0 Å². The molecule has 3 heteroatoms. The summed E-state index contributed by atoms with van der Waals surface area (Å²) < 4.78 is 3.25. The molecule has 1 heterocycles. The molecule has 0 aliphatic rings. The fourth-order valence-corrected chi connectivity index (χ4v) is 3.11. The van der Waals surface area contributed by atoms with Crippen molar-refractivity contribution in [2.75, 3.05) is 0 Å². The Hall–Kier alpha value is -1.87. The fourth-order valence-electron chi connectivity index (χ4n) is 2.85. The molecular formula is C18H17BrN2. The lowest BCUT2D eigenvalue weighted by Gasteiger charge is -2.15. The lowest BCUT2D eigenvalue weighted by atomic mass is 10.0. The minimum absolute atomic E-state index is 0.970. The quantitative estimate of drug-likeness (QED) is 0.624. The van der Waals surface area contributed by atoms with Crippen LogP contribution in [0.25, 0.3) is 17.1 Å². The van der Waals surface area contributed by atoms with Crippen molar-refractivity contribution in [1.82, 2.24) is 9.55 Å². The third-order valence-corrected chi connectivity index (χ3v) is 4.15. The van der Waals surface area contributed by atoms with Gasteiger partial charge < -0.3 is 0 Å². The molecule has 0 saturated heterocycles. The van der Waals surface area contributed by atoms with Gasteiger partial charge in [0.2, 0.25) is 0 Å². The minimum atomic E-state index is 0.970. The Kier molecular flexibility index (Phi) is 3.68. The van der Waals surface area contributed by atoms with Crippen molar-refractivity contribution in [1.29, 1.82) is 0 Å². The second-order valence-electron chi connectivity index (χ2n) is 5.38. The van der Waals surface area contributed by atoms with Crippen LogP contribution in [0.3, 0.4) is 0 Å². The van der Waals surface area contributed by atoms with Crippen LogP contribution in [0.15, 0.2) is 53.3 Å². The van der Waals surface area contributed by atoms with Gasteiger partial charge in [0.05, 0.1) is 5.69 Å². The lowest BCUT2D eigenvalue weighted by Crippen LogP contribution is -2.02. The summed E-state index contributed by atoms with van der Waals surface area (Å²) in [6.45, 7) is 6.44. The topological polar surface area (TPSA) is 17.8 Å². The third-order valence-electron chi connectivity index (χ3n) is 3.62. The van der Waals surface area contributed by atoms with Gasteiger partial charge in [-0.2, -0.15) is 0 Å². The predicted octanol–water partition coefficient (Wildman–Crippen LogP) is 5.23. The first-order chi connectivity index (χ1) is 10.1. The van der Waals surface area contributed by atoms with Crippen LogP contribution in [-0.4, -0.2) is 9.55 Å². The molecule has 0 spiro atoms. The van der Waals surface area contributed by atoms with Crippen molar-refractivity contribution in [3.05, 3.63) is 70.0 Å². The Labute approximate surface area is 133 Å². The number of imidazole rings is 1. The number of hydrogen-bond acceptors (Lipinski definition) is 1. The number of benzene rings is 2. The highest BCUT2D eigenvalue weighted by Crippen LogP contribution is 2.27. The summed E-state index contributed by atoms with van der Waals surface area (Å²) in [7, 11) is 0. The van der Waals surface area contributed by atoms with Crippen LogP contribution >= 0.6 is 15.9 Å². The Morgan fingerprint density at radius 2 is 1.57 bits per heavy atom. The van der Waals surface area contributed by atoms with E-state index in [0.717, 1.165) is 15.9 Å². The molecule has 0 atom stereocenters. The molecule has 106 valence electrons. The van der Waals surface area contributed by atoms with Gasteiger partial charge in [0.25, 0.3) is 0 Å². The van der Waals surface area contributed by atoms with Crippen LogP contribution in [0.4, 0.5) is 0 Å². The SMILES string of the molecule is Cc1cc(C)c(-n2ccnc2-c2ccc(Br)cc2)c(C)c1. The van der Waals surface area contributed by atoms with Crippen LogP contribution in [0, 0.1) is 20.8 Å². The molecule has 0 N–H and O–H groups in total. The number of aryl methyl sites for hydroxylation is 3. The van der Waals surface area contributed by atoms with Crippen molar-refractivity contribution < 1.29 is 0 Å². The van der Waals surface area contributed by atoms with Gasteiger partial charge in [0.1, 0.15) is 5.82 Å². The highest BCUT2D eigenvalue weighted by atomic mass is 79.9. The van der Waals surface area contributed by atoms with E-state index in [-0.39, 0.29) is 0 Å². The minimum Gasteiger partial charge on any atom is -0.299 e. The Bertz CT molecular complexity index is 762. The molecule has 0 saturated carbocycles. The average molecular weight is 341 g/mol. The van der Waals surface area contributed by atoms with Crippen LogP contribution in [-0.2, 0) is 0 Å². The maximum atomic E-state index is 4.54. The van der Waals surface area contributed by atoms with E-state index in [4.69, 9.17) is 0 Å². The van der Waals surface area contributed by atoms with Gasteiger partial charge in [-0.05, 0) is 44.0 Å². The Morgan fingerprint density at radius 1 is 0.952 bits per heavy atom. The number of aromatic nitrogens is 2. The molecule has 2 nitrogen and oxygen atoms in total. The van der Waals surface area contributed by atoms with E-state index >= 15 is 0 Å². The molecule has 0 unspecified atom stereocenters. The third kappa shape index (κ3) is 2.66. The van der Waals surface area contributed by atoms with Gasteiger partial charge >= 0.3 is 0 Å². The van der Waals surface area contributed by atoms with Crippen molar-refractivity contribution in [3.63, 3.8) is 0 Å². The van der Waals surface area contributed by atoms with Gasteiger partial charge in [0.15, 0.2) is 0 Å². The summed E-state index contributed by atoms with van der Waals surface area (Å²) in [6.07, 6.45) is 3.89. The van der Waals surface area contributed by atoms with Crippen molar-refractivity contribution >= 4 is 15.9 Å². The van der Waals surface area contributed by atoms with Crippen LogP contribution in [0.2, 0.25) is 0 Å². The first kappa shape index (κ1) is 14.1. The molecule has 0 radical (unpaired) electrons. The molecule has 0 bridgehead atoms. The standard InChI is InChI=1S/C18H17BrN2/c1-12-10-13(2)17(14(3)11-12)21-9-8-20-18(21)15-4-6-16(19)7-5-15/h4-11H,1-3H3. The molecule has 0 amide bonds. The van der Waals surface area contributed by atoms with Crippen molar-refractivity contribution in [3.8, 4) is 17.1 Å². The Balaban J connectivity index is 2.18. The van der Waals surface area contributed by atoms with E-state index in [9.17, 15) is 0 Å². The van der Waals surface area contributed by atoms with Gasteiger partial charge in [-0.15, -0.1) is 0 Å². The maximum absolute atomic E-state index is 4.54. The second-order valence-corrected chi connectivity index (χ2v) is 6.29. The zero-order valence-corrected chi connectivity index (χ0v) is 14.0. The van der Waals surface area contributed by atoms with E-state index in [1.54, 1.807) is 0 Å². The second kappa shape index (κ2) is 5.49. The van der Waals surface area contributed by atoms with Crippen molar-refractivity contribution in [2.45, 2.75) is 20.8 Å². The van der Waals surface area contributed by atoms with Gasteiger partial charge in [-0.1, -0.05) is 45.8 Å².